The summed E-state index contributed by atoms with van der Waals surface area (Å²) in [5, 5.41) is 26.9. The molecule has 2 rings (SSSR count). The molecule has 0 saturated heterocycles. The minimum Gasteiger partial charge on any atom is -0.481 e. The molecule has 1 aliphatic carbocycles. The third kappa shape index (κ3) is 11.1. The zero-order valence-corrected chi connectivity index (χ0v) is 21.7. The molecule has 1 aromatic rings. The van der Waals surface area contributed by atoms with Crippen molar-refractivity contribution in [3.05, 3.63) is 41.2 Å². The molecule has 0 spiro atoms. The number of carboxylic acid groups (broad SMARTS) is 2. The third-order valence-corrected chi connectivity index (χ3v) is 5.98. The second-order valence-corrected chi connectivity index (χ2v) is 9.00. The molecule has 14 heteroatoms. The molecule has 0 aliphatic heterocycles. The van der Waals surface area contributed by atoms with E-state index in [1.807, 2.05) is 0 Å². The van der Waals surface area contributed by atoms with E-state index in [0.717, 1.165) is 36.8 Å². The van der Waals surface area contributed by atoms with Gasteiger partial charge in [-0.1, -0.05) is 12.1 Å². The molecule has 0 heterocycles. The van der Waals surface area contributed by atoms with E-state index in [9.17, 15) is 33.2 Å². The number of amides is 4. The van der Waals surface area contributed by atoms with Crippen molar-refractivity contribution in [2.24, 2.45) is 0 Å². The van der Waals surface area contributed by atoms with Gasteiger partial charge in [-0.25, -0.2) is 14.0 Å². The van der Waals surface area contributed by atoms with Crippen LogP contribution in [0.5, 0.6) is 0 Å². The molecule has 0 aromatic heterocycles. The number of nitrogens with one attached hydrogen (secondary N) is 4. The Bertz CT molecular complexity index is 1130. The first-order chi connectivity index (χ1) is 19.1. The summed E-state index contributed by atoms with van der Waals surface area (Å²) in [5.41, 5.74) is 1.71. The Morgan fingerprint density at radius 3 is 2.45 bits per heavy atom. The molecule has 40 heavy (non-hydrogen) atoms. The van der Waals surface area contributed by atoms with E-state index in [-0.39, 0.29) is 37.8 Å². The highest BCUT2D eigenvalue weighted by Crippen LogP contribution is 2.27. The van der Waals surface area contributed by atoms with Gasteiger partial charge >= 0.3 is 18.0 Å². The Hall–Kier alpha value is -4.49. The fourth-order valence-corrected chi connectivity index (χ4v) is 3.92. The van der Waals surface area contributed by atoms with Crippen LogP contribution in [0.4, 0.5) is 9.18 Å². The monoisotopic (exact) mass is 564 g/mol. The van der Waals surface area contributed by atoms with Gasteiger partial charge in [0.05, 0.1) is 12.1 Å². The second kappa shape index (κ2) is 16.5. The van der Waals surface area contributed by atoms with Crippen LogP contribution in [0.25, 0.3) is 5.57 Å². The fraction of sp³-hybridized carbons (Fsp3) is 0.462. The first-order valence-corrected chi connectivity index (χ1v) is 12.7. The number of urea groups is 1. The second-order valence-electron chi connectivity index (χ2n) is 9.00. The first-order valence-electron chi connectivity index (χ1n) is 12.7. The average molecular weight is 565 g/mol. The topological polar surface area (TPSA) is 200 Å². The highest BCUT2D eigenvalue weighted by atomic mass is 19.1. The molecular formula is C26H33FN4O9. The van der Waals surface area contributed by atoms with E-state index in [0.29, 0.717) is 0 Å². The number of aliphatic carboxylic acids is 2. The van der Waals surface area contributed by atoms with Gasteiger partial charge in [-0.15, -0.1) is 0 Å². The van der Waals surface area contributed by atoms with Gasteiger partial charge in [0.2, 0.25) is 5.91 Å². The number of benzene rings is 1. The quantitative estimate of drug-likeness (QED) is 0.0978. The van der Waals surface area contributed by atoms with Gasteiger partial charge in [0, 0.05) is 19.4 Å². The molecule has 6 N–H and O–H groups in total. The van der Waals surface area contributed by atoms with E-state index in [2.05, 4.69) is 27.3 Å². The van der Waals surface area contributed by atoms with Crippen molar-refractivity contribution in [2.75, 3.05) is 13.1 Å². The van der Waals surface area contributed by atoms with E-state index in [4.69, 9.17) is 14.9 Å². The van der Waals surface area contributed by atoms with Crippen LogP contribution in [0.15, 0.2) is 24.3 Å². The van der Waals surface area contributed by atoms with E-state index in [1.165, 1.54) is 12.1 Å². The maximum atomic E-state index is 14.5. The number of carbonyl (C=O) groups excluding carboxylic acids is 4. The summed E-state index contributed by atoms with van der Waals surface area (Å²) in [5.74, 6) is -4.51. The van der Waals surface area contributed by atoms with E-state index < -0.39 is 60.8 Å². The van der Waals surface area contributed by atoms with Gasteiger partial charge in [-0.3, -0.25) is 19.2 Å². The van der Waals surface area contributed by atoms with E-state index in [1.54, 1.807) is 6.07 Å². The lowest BCUT2D eigenvalue weighted by molar-refractivity contribution is -0.141. The zero-order valence-electron chi connectivity index (χ0n) is 21.7. The van der Waals surface area contributed by atoms with Crippen molar-refractivity contribution >= 4 is 41.8 Å². The van der Waals surface area contributed by atoms with Gasteiger partial charge in [0.25, 0.3) is 12.4 Å². The lowest BCUT2D eigenvalue weighted by Gasteiger charge is -2.19. The molecule has 218 valence electrons. The molecule has 0 radical (unpaired) electrons. The Kier molecular flexibility index (Phi) is 13.1. The molecule has 0 saturated carbocycles. The summed E-state index contributed by atoms with van der Waals surface area (Å²) in [6.07, 6.45) is 4.01. The molecule has 0 unspecified atom stereocenters. The third-order valence-electron chi connectivity index (χ3n) is 5.98. The Labute approximate surface area is 229 Å². The predicted octanol–water partition coefficient (Wildman–Crippen LogP) is 1.53. The number of hydrogen-bond donors (Lipinski definition) is 6. The minimum absolute atomic E-state index is 0.0439. The highest BCUT2D eigenvalue weighted by Gasteiger charge is 2.22. The van der Waals surface area contributed by atoms with Crippen LogP contribution in [0.3, 0.4) is 0 Å². The summed E-state index contributed by atoms with van der Waals surface area (Å²) in [6.45, 7) is -0.307. The van der Waals surface area contributed by atoms with Crippen molar-refractivity contribution in [3.8, 4) is 0 Å². The van der Waals surface area contributed by atoms with Crippen molar-refractivity contribution in [1.29, 1.82) is 0 Å². The minimum atomic E-state index is -1.47. The van der Waals surface area contributed by atoms with Gasteiger partial charge in [0.1, 0.15) is 11.9 Å². The standard InChI is InChI=1S/C26H33FN4O9/c27-19-13-17(16-5-2-1-3-6-16)8-9-18(19)24(36)28-12-4-7-21(33)31-22(40-15-32)14-29-26(39)30-20(25(37)38)10-11-23(34)35/h5,8-9,13,15,20,22H,1-4,6-7,10-12,14H2,(H,28,36)(H,31,33)(H,34,35)(H,37,38)(H2,29,30,39)/t20-,22-/m0/s1. The number of halogens is 1. The zero-order chi connectivity index (χ0) is 29.5. The molecule has 0 bridgehead atoms. The van der Waals surface area contributed by atoms with Gasteiger partial charge in [-0.05, 0) is 61.8 Å². The van der Waals surface area contributed by atoms with Crippen LogP contribution in [0.2, 0.25) is 0 Å². The highest BCUT2D eigenvalue weighted by molar-refractivity contribution is 5.94. The number of carboxylic acids is 2. The smallest absolute Gasteiger partial charge is 0.326 e. The SMILES string of the molecule is O=CO[C@@H](CNC(=O)N[C@@H](CCC(=O)O)C(=O)O)NC(=O)CCCNC(=O)c1ccc(C2=CCCCC2)cc1F. The number of allylic oxidation sites excluding steroid dienone is 2. The predicted molar refractivity (Wildman–Crippen MR) is 138 cm³/mol. The van der Waals surface area contributed by atoms with Crippen molar-refractivity contribution in [3.63, 3.8) is 0 Å². The summed E-state index contributed by atoms with van der Waals surface area (Å²) >= 11 is 0. The maximum Gasteiger partial charge on any atom is 0.326 e. The van der Waals surface area contributed by atoms with Crippen LogP contribution < -0.4 is 21.3 Å². The molecule has 1 aliphatic rings. The molecule has 2 atom stereocenters. The average Bonchev–Trinajstić information content (AvgIpc) is 2.92. The van der Waals surface area contributed by atoms with Crippen LogP contribution >= 0.6 is 0 Å². The van der Waals surface area contributed by atoms with E-state index >= 15 is 0 Å². The summed E-state index contributed by atoms with van der Waals surface area (Å²) in [4.78, 5) is 69.0. The largest absolute Gasteiger partial charge is 0.481 e. The lowest BCUT2D eigenvalue weighted by atomic mass is 9.93. The molecule has 1 aromatic carbocycles. The lowest BCUT2D eigenvalue weighted by Crippen LogP contribution is -2.51. The maximum absolute atomic E-state index is 14.5. The number of hydrogen-bond acceptors (Lipinski definition) is 7. The summed E-state index contributed by atoms with van der Waals surface area (Å²) in [6, 6.07) is 2.04. The first kappa shape index (κ1) is 31.7. The molecule has 0 fully saturated rings. The van der Waals surface area contributed by atoms with Crippen LogP contribution in [-0.4, -0.2) is 71.8 Å². The van der Waals surface area contributed by atoms with Crippen molar-refractivity contribution < 1.29 is 48.1 Å². The molecule has 13 nitrogen and oxygen atoms in total. The summed E-state index contributed by atoms with van der Waals surface area (Å²) < 4.78 is 19.2. The Morgan fingerprint density at radius 2 is 1.82 bits per heavy atom. The Morgan fingerprint density at radius 1 is 1.05 bits per heavy atom. The van der Waals surface area contributed by atoms with Crippen molar-refractivity contribution in [1.82, 2.24) is 21.3 Å². The van der Waals surface area contributed by atoms with Crippen LogP contribution in [0.1, 0.15) is 67.3 Å². The number of carbonyl (C=O) groups is 6. The van der Waals surface area contributed by atoms with Crippen LogP contribution in [-0.2, 0) is 23.9 Å². The van der Waals surface area contributed by atoms with Gasteiger partial charge < -0.3 is 36.2 Å². The van der Waals surface area contributed by atoms with Gasteiger partial charge in [0.15, 0.2) is 6.23 Å². The number of ether oxygens (including phenoxy) is 1. The van der Waals surface area contributed by atoms with Crippen LogP contribution in [0, 0.1) is 5.82 Å². The van der Waals surface area contributed by atoms with Crippen molar-refractivity contribution in [2.45, 2.75) is 63.6 Å². The van der Waals surface area contributed by atoms with Gasteiger partial charge in [-0.2, -0.15) is 0 Å². The number of rotatable bonds is 16. The summed E-state index contributed by atoms with van der Waals surface area (Å²) in [7, 11) is 0. The molecular weight excluding hydrogens is 531 g/mol. The molecule has 4 amide bonds. The normalized spacial score (nSPS) is 14.1. The fourth-order valence-electron chi connectivity index (χ4n) is 3.92. The Balaban J connectivity index is 1.75.